The van der Waals surface area contributed by atoms with E-state index in [0.717, 1.165) is 12.2 Å². The Hall–Kier alpha value is -0.690. The quantitative estimate of drug-likeness (QED) is 0.706. The van der Waals surface area contributed by atoms with Crippen LogP contribution in [0.1, 0.15) is 51.0 Å². The lowest BCUT2D eigenvalue weighted by Crippen LogP contribution is -2.17. The van der Waals surface area contributed by atoms with Crippen LogP contribution in [0.4, 0.5) is 0 Å². The first-order valence-corrected chi connectivity index (χ1v) is 7.01. The van der Waals surface area contributed by atoms with E-state index in [9.17, 15) is 0 Å². The molecule has 1 saturated carbocycles. The molecule has 1 aromatic carbocycles. The van der Waals surface area contributed by atoms with E-state index < -0.39 is 0 Å². The first-order valence-electron chi connectivity index (χ1n) is 6.57. The minimum atomic E-state index is 0.225. The number of hydrogen-bond donors (Lipinski definition) is 0. The summed E-state index contributed by atoms with van der Waals surface area (Å²) in [5.74, 6) is 1.47. The summed E-state index contributed by atoms with van der Waals surface area (Å²) in [5, 5.41) is 0.290. The van der Waals surface area contributed by atoms with Gasteiger partial charge in [0.1, 0.15) is 5.75 Å². The van der Waals surface area contributed by atoms with Crippen molar-refractivity contribution in [3.63, 3.8) is 0 Å². The van der Waals surface area contributed by atoms with Gasteiger partial charge in [-0.05, 0) is 44.4 Å². The highest BCUT2D eigenvalue weighted by Gasteiger charge is 2.24. The molecule has 0 amide bonds. The topological polar surface area (TPSA) is 9.23 Å². The Morgan fingerprint density at radius 3 is 2.71 bits per heavy atom. The molecule has 1 aromatic rings. The molecule has 0 aromatic heterocycles. The second kappa shape index (κ2) is 5.77. The fraction of sp³-hybridized carbons (Fsp3) is 0.600. The Balaban J connectivity index is 2.14. The van der Waals surface area contributed by atoms with Crippen molar-refractivity contribution in [2.45, 2.75) is 56.9 Å². The van der Waals surface area contributed by atoms with Gasteiger partial charge in [0.05, 0.1) is 6.10 Å². The van der Waals surface area contributed by atoms with Gasteiger partial charge in [0.2, 0.25) is 0 Å². The highest BCUT2D eigenvalue weighted by Crippen LogP contribution is 2.37. The molecule has 17 heavy (non-hydrogen) atoms. The summed E-state index contributed by atoms with van der Waals surface area (Å²) in [6, 6.07) is 8.44. The largest absolute Gasteiger partial charge is 0.491 e. The van der Waals surface area contributed by atoms with Gasteiger partial charge in [-0.15, -0.1) is 11.6 Å². The molecule has 2 heteroatoms. The summed E-state index contributed by atoms with van der Waals surface area (Å²) in [6.07, 6.45) is 5.14. The second-order valence-electron chi connectivity index (χ2n) is 5.15. The minimum Gasteiger partial charge on any atom is -0.491 e. The Bertz CT molecular complexity index is 362. The third kappa shape index (κ3) is 3.38. The molecular weight excluding hydrogens is 232 g/mol. The van der Waals surface area contributed by atoms with E-state index in [2.05, 4.69) is 32.0 Å². The van der Waals surface area contributed by atoms with Gasteiger partial charge in [0, 0.05) is 11.3 Å². The van der Waals surface area contributed by atoms with E-state index in [0.29, 0.717) is 5.92 Å². The van der Waals surface area contributed by atoms with E-state index in [1.165, 1.54) is 24.8 Å². The maximum Gasteiger partial charge on any atom is 0.119 e. The van der Waals surface area contributed by atoms with Gasteiger partial charge < -0.3 is 4.74 Å². The molecule has 0 N–H and O–H groups in total. The molecule has 1 aliphatic carbocycles. The molecule has 2 rings (SSSR count). The van der Waals surface area contributed by atoms with E-state index >= 15 is 0 Å². The molecular formula is C15H21ClO. The number of benzene rings is 1. The molecule has 2 atom stereocenters. The summed E-state index contributed by atoms with van der Waals surface area (Å²) >= 11 is 6.43. The van der Waals surface area contributed by atoms with Crippen LogP contribution in [0.2, 0.25) is 0 Å². The van der Waals surface area contributed by atoms with Gasteiger partial charge in [-0.2, -0.15) is 0 Å². The summed E-state index contributed by atoms with van der Waals surface area (Å²) < 4.78 is 5.74. The number of ether oxygens (including phenoxy) is 1. The number of alkyl halides is 1. The molecule has 0 spiro atoms. The van der Waals surface area contributed by atoms with Crippen molar-refractivity contribution in [1.82, 2.24) is 0 Å². The van der Waals surface area contributed by atoms with Crippen LogP contribution in [-0.2, 0) is 0 Å². The van der Waals surface area contributed by atoms with Crippen molar-refractivity contribution in [1.29, 1.82) is 0 Å². The molecule has 2 unspecified atom stereocenters. The normalized spacial score (nSPS) is 24.9. The van der Waals surface area contributed by atoms with Crippen LogP contribution < -0.4 is 4.74 Å². The SMILES string of the molecule is CC(C)Oc1cccc(C2CCCCC2Cl)c1. The van der Waals surface area contributed by atoms with Gasteiger partial charge in [0.25, 0.3) is 0 Å². The average Bonchev–Trinajstić information content (AvgIpc) is 2.29. The fourth-order valence-corrected chi connectivity index (χ4v) is 2.98. The zero-order valence-corrected chi connectivity index (χ0v) is 11.4. The highest BCUT2D eigenvalue weighted by molar-refractivity contribution is 6.21. The third-order valence-corrected chi connectivity index (χ3v) is 3.86. The molecule has 1 fully saturated rings. The van der Waals surface area contributed by atoms with Crippen LogP contribution in [-0.4, -0.2) is 11.5 Å². The lowest BCUT2D eigenvalue weighted by molar-refractivity contribution is 0.242. The van der Waals surface area contributed by atoms with Gasteiger partial charge in [-0.3, -0.25) is 0 Å². The van der Waals surface area contributed by atoms with Crippen molar-refractivity contribution in [2.75, 3.05) is 0 Å². The summed E-state index contributed by atoms with van der Waals surface area (Å²) in [6.45, 7) is 4.11. The molecule has 1 aliphatic rings. The number of halogens is 1. The van der Waals surface area contributed by atoms with Gasteiger partial charge >= 0.3 is 0 Å². The molecule has 0 bridgehead atoms. The smallest absolute Gasteiger partial charge is 0.119 e. The van der Waals surface area contributed by atoms with Crippen molar-refractivity contribution in [3.8, 4) is 5.75 Å². The first-order chi connectivity index (χ1) is 8.16. The van der Waals surface area contributed by atoms with Crippen molar-refractivity contribution < 1.29 is 4.74 Å². The molecule has 1 nitrogen and oxygen atoms in total. The Kier molecular flexibility index (Phi) is 4.33. The summed E-state index contributed by atoms with van der Waals surface area (Å²) in [7, 11) is 0. The van der Waals surface area contributed by atoms with E-state index in [4.69, 9.17) is 16.3 Å². The van der Waals surface area contributed by atoms with Crippen molar-refractivity contribution in [2.24, 2.45) is 0 Å². The Labute approximate surface area is 109 Å². The van der Waals surface area contributed by atoms with Gasteiger partial charge in [-0.25, -0.2) is 0 Å². The summed E-state index contributed by atoms with van der Waals surface area (Å²) in [5.41, 5.74) is 1.34. The molecule has 0 saturated heterocycles. The van der Waals surface area contributed by atoms with E-state index in [1.807, 2.05) is 6.07 Å². The van der Waals surface area contributed by atoms with Gasteiger partial charge in [0.15, 0.2) is 0 Å². The number of hydrogen-bond acceptors (Lipinski definition) is 1. The summed E-state index contributed by atoms with van der Waals surface area (Å²) in [4.78, 5) is 0. The maximum absolute atomic E-state index is 6.43. The second-order valence-corrected chi connectivity index (χ2v) is 5.71. The van der Waals surface area contributed by atoms with Crippen LogP contribution in [0.5, 0.6) is 5.75 Å². The van der Waals surface area contributed by atoms with Crippen LogP contribution >= 0.6 is 11.6 Å². The lowest BCUT2D eigenvalue weighted by Gasteiger charge is -2.27. The van der Waals surface area contributed by atoms with Crippen LogP contribution in [0.15, 0.2) is 24.3 Å². The molecule has 0 heterocycles. The van der Waals surface area contributed by atoms with Crippen molar-refractivity contribution >= 4 is 11.6 Å². The standard InChI is InChI=1S/C15H21ClO/c1-11(2)17-13-7-5-6-12(10-13)14-8-3-4-9-15(14)16/h5-7,10-11,14-15H,3-4,8-9H2,1-2H3. The monoisotopic (exact) mass is 252 g/mol. The predicted octanol–water partition coefficient (Wildman–Crippen LogP) is 4.74. The molecule has 94 valence electrons. The van der Waals surface area contributed by atoms with Crippen LogP contribution in [0, 0.1) is 0 Å². The van der Waals surface area contributed by atoms with E-state index in [1.54, 1.807) is 0 Å². The predicted molar refractivity (Wildman–Crippen MR) is 73.1 cm³/mol. The Morgan fingerprint density at radius 2 is 2.00 bits per heavy atom. The average molecular weight is 253 g/mol. The maximum atomic E-state index is 6.43. The van der Waals surface area contributed by atoms with Gasteiger partial charge in [-0.1, -0.05) is 25.0 Å². The third-order valence-electron chi connectivity index (χ3n) is 3.34. The van der Waals surface area contributed by atoms with Crippen LogP contribution in [0.25, 0.3) is 0 Å². The Morgan fingerprint density at radius 1 is 1.24 bits per heavy atom. The zero-order chi connectivity index (χ0) is 12.3. The molecule has 0 aliphatic heterocycles. The minimum absolute atomic E-state index is 0.225. The van der Waals surface area contributed by atoms with E-state index in [-0.39, 0.29) is 11.5 Å². The highest BCUT2D eigenvalue weighted by atomic mass is 35.5. The number of rotatable bonds is 3. The first kappa shape index (κ1) is 12.8. The van der Waals surface area contributed by atoms with Crippen LogP contribution in [0.3, 0.4) is 0 Å². The lowest BCUT2D eigenvalue weighted by atomic mass is 9.83. The fourth-order valence-electron chi connectivity index (χ4n) is 2.55. The zero-order valence-electron chi connectivity index (χ0n) is 10.7. The van der Waals surface area contributed by atoms with Crippen molar-refractivity contribution in [3.05, 3.63) is 29.8 Å². The molecule has 0 radical (unpaired) electrons.